The lowest BCUT2D eigenvalue weighted by Gasteiger charge is -2.25. The number of hydrogen-bond donors (Lipinski definition) is 1. The maximum Gasteiger partial charge on any atom is 0.223 e. The molecule has 0 spiro atoms. The summed E-state index contributed by atoms with van der Waals surface area (Å²) in [5.41, 5.74) is 1.96. The maximum absolute atomic E-state index is 13.4. The number of carbonyl (C=O) groups excluding carboxylic acids is 1. The number of imidazole rings is 1. The summed E-state index contributed by atoms with van der Waals surface area (Å²) in [5, 5.41) is 0. The molecule has 1 N–H and O–H groups in total. The largest absolute Gasteiger partial charge is 0.348 e. The molecule has 5 heteroatoms. The van der Waals surface area contributed by atoms with Crippen molar-refractivity contribution in [2.75, 3.05) is 13.1 Å². The Morgan fingerprint density at radius 3 is 2.64 bits per heavy atom. The van der Waals surface area contributed by atoms with Crippen LogP contribution in [0.3, 0.4) is 0 Å². The van der Waals surface area contributed by atoms with E-state index in [2.05, 4.69) is 16.9 Å². The fourth-order valence-corrected chi connectivity index (χ4v) is 3.42. The summed E-state index contributed by atoms with van der Waals surface area (Å²) in [5.74, 6) is 0.523. The van der Waals surface area contributed by atoms with Crippen molar-refractivity contribution in [3.05, 3.63) is 89.8 Å². The molecular weight excluding hydrogens is 353 g/mol. The van der Waals surface area contributed by atoms with Crippen LogP contribution in [0.15, 0.2) is 67.0 Å². The molecule has 0 aliphatic rings. The van der Waals surface area contributed by atoms with Gasteiger partial charge in [-0.25, -0.2) is 9.37 Å². The third-order valence-electron chi connectivity index (χ3n) is 4.84. The Balaban J connectivity index is 1.72. The highest BCUT2D eigenvalue weighted by Crippen LogP contribution is 2.26. The van der Waals surface area contributed by atoms with E-state index in [1.165, 1.54) is 12.1 Å². The Bertz CT molecular complexity index is 865. The normalized spacial score (nSPS) is 11.9. The molecule has 0 radical (unpaired) electrons. The van der Waals surface area contributed by atoms with Crippen molar-refractivity contribution in [3.63, 3.8) is 0 Å². The summed E-state index contributed by atoms with van der Waals surface area (Å²) in [7, 11) is 0. The van der Waals surface area contributed by atoms with Crippen LogP contribution in [0.1, 0.15) is 42.6 Å². The van der Waals surface area contributed by atoms with Gasteiger partial charge in [0.2, 0.25) is 5.91 Å². The van der Waals surface area contributed by atoms with E-state index in [0.717, 1.165) is 23.4 Å². The van der Waals surface area contributed by atoms with E-state index in [9.17, 15) is 9.18 Å². The predicted molar refractivity (Wildman–Crippen MR) is 108 cm³/mol. The Labute approximate surface area is 165 Å². The second-order valence-corrected chi connectivity index (χ2v) is 6.90. The van der Waals surface area contributed by atoms with Crippen LogP contribution in [-0.2, 0) is 11.2 Å². The number of benzene rings is 2. The fourth-order valence-electron chi connectivity index (χ4n) is 3.42. The molecule has 3 aromatic rings. The van der Waals surface area contributed by atoms with E-state index in [-0.39, 0.29) is 17.6 Å². The second-order valence-electron chi connectivity index (χ2n) is 6.90. The highest BCUT2D eigenvalue weighted by molar-refractivity contribution is 5.77. The Kier molecular flexibility index (Phi) is 6.95. The number of nitrogens with one attached hydrogen (secondary N) is 1. The molecule has 4 nitrogen and oxygen atoms in total. The van der Waals surface area contributed by atoms with Crippen molar-refractivity contribution in [2.24, 2.45) is 0 Å². The lowest BCUT2D eigenvalue weighted by molar-refractivity contribution is -0.131. The number of aromatic nitrogens is 2. The van der Waals surface area contributed by atoms with Gasteiger partial charge in [-0.2, -0.15) is 0 Å². The van der Waals surface area contributed by atoms with Crippen LogP contribution in [-0.4, -0.2) is 33.9 Å². The number of hydrogen-bond acceptors (Lipinski definition) is 2. The van der Waals surface area contributed by atoms with E-state index in [1.54, 1.807) is 18.5 Å². The first kappa shape index (κ1) is 19.8. The third-order valence-corrected chi connectivity index (χ3v) is 4.84. The van der Waals surface area contributed by atoms with Crippen LogP contribution in [0, 0.1) is 5.82 Å². The summed E-state index contributed by atoms with van der Waals surface area (Å²) in [6.07, 6.45) is 5.36. The fraction of sp³-hybridized carbons (Fsp3) is 0.304. The number of amides is 1. The van der Waals surface area contributed by atoms with Crippen LogP contribution in [0.4, 0.5) is 4.39 Å². The Hall–Kier alpha value is -2.95. The van der Waals surface area contributed by atoms with Crippen LogP contribution < -0.4 is 0 Å². The molecule has 2 aromatic carbocycles. The minimum atomic E-state index is -0.243. The molecule has 1 amide bonds. The van der Waals surface area contributed by atoms with E-state index in [0.29, 0.717) is 25.9 Å². The molecule has 0 bridgehead atoms. The van der Waals surface area contributed by atoms with Gasteiger partial charge < -0.3 is 9.88 Å². The molecule has 146 valence electrons. The number of rotatable bonds is 9. The zero-order chi connectivity index (χ0) is 19.8. The van der Waals surface area contributed by atoms with Crippen LogP contribution in [0.25, 0.3) is 0 Å². The summed E-state index contributed by atoms with van der Waals surface area (Å²) in [4.78, 5) is 22.5. The molecule has 0 unspecified atom stereocenters. The van der Waals surface area contributed by atoms with E-state index >= 15 is 0 Å². The van der Waals surface area contributed by atoms with Crippen molar-refractivity contribution < 1.29 is 9.18 Å². The first-order valence-electron chi connectivity index (χ1n) is 9.73. The first-order valence-corrected chi connectivity index (χ1v) is 9.73. The van der Waals surface area contributed by atoms with Gasteiger partial charge in [-0.1, -0.05) is 49.4 Å². The molecule has 1 aromatic heterocycles. The number of carbonyl (C=O) groups is 1. The standard InChI is InChI=1S/C23H26FN3O/c1-2-14-27(15-11-18-7-6-10-20(24)16-18)22(28)17-21(23-25-12-13-26-23)19-8-4-3-5-9-19/h3-10,12-13,16,21H,2,11,14-15,17H2,1H3,(H,25,26)/t21-/m0/s1. The van der Waals surface area contributed by atoms with Gasteiger partial charge in [-0.3, -0.25) is 4.79 Å². The topological polar surface area (TPSA) is 49.0 Å². The van der Waals surface area contributed by atoms with Gasteiger partial charge in [0.05, 0.1) is 5.92 Å². The lowest BCUT2D eigenvalue weighted by atomic mass is 9.94. The van der Waals surface area contributed by atoms with E-state index < -0.39 is 0 Å². The quantitative estimate of drug-likeness (QED) is 0.593. The van der Waals surface area contributed by atoms with Gasteiger partial charge in [0.15, 0.2) is 0 Å². The molecule has 3 rings (SSSR count). The number of aromatic amines is 1. The Morgan fingerprint density at radius 1 is 1.14 bits per heavy atom. The Morgan fingerprint density at radius 2 is 1.96 bits per heavy atom. The highest BCUT2D eigenvalue weighted by Gasteiger charge is 2.23. The summed E-state index contributed by atoms with van der Waals surface area (Å²) in [6, 6.07) is 16.5. The molecule has 0 saturated heterocycles. The van der Waals surface area contributed by atoms with Crippen LogP contribution >= 0.6 is 0 Å². The molecule has 1 heterocycles. The zero-order valence-corrected chi connectivity index (χ0v) is 16.1. The highest BCUT2D eigenvalue weighted by atomic mass is 19.1. The van der Waals surface area contributed by atoms with Crippen molar-refractivity contribution in [3.8, 4) is 0 Å². The molecule has 1 atom stereocenters. The number of nitrogens with zero attached hydrogens (tertiary/aromatic N) is 2. The predicted octanol–water partition coefficient (Wildman–Crippen LogP) is 4.55. The van der Waals surface area contributed by atoms with Gasteiger partial charge in [-0.15, -0.1) is 0 Å². The summed E-state index contributed by atoms with van der Waals surface area (Å²) < 4.78 is 13.4. The number of halogens is 1. The second kappa shape index (κ2) is 9.83. The van der Waals surface area contributed by atoms with Crippen molar-refractivity contribution >= 4 is 5.91 Å². The minimum absolute atomic E-state index is 0.0866. The molecule has 0 aliphatic heterocycles. The molecule has 0 saturated carbocycles. The summed E-state index contributed by atoms with van der Waals surface area (Å²) in [6.45, 7) is 3.33. The molecular formula is C23H26FN3O. The van der Waals surface area contributed by atoms with Crippen molar-refractivity contribution in [2.45, 2.75) is 32.1 Å². The van der Waals surface area contributed by atoms with Gasteiger partial charge in [0, 0.05) is 31.9 Å². The molecule has 28 heavy (non-hydrogen) atoms. The molecule has 0 fully saturated rings. The minimum Gasteiger partial charge on any atom is -0.348 e. The monoisotopic (exact) mass is 379 g/mol. The smallest absolute Gasteiger partial charge is 0.223 e. The van der Waals surface area contributed by atoms with E-state index in [1.807, 2.05) is 41.3 Å². The van der Waals surface area contributed by atoms with Gasteiger partial charge in [-0.05, 0) is 36.1 Å². The van der Waals surface area contributed by atoms with Crippen LogP contribution in [0.5, 0.6) is 0 Å². The molecule has 0 aliphatic carbocycles. The van der Waals surface area contributed by atoms with E-state index in [4.69, 9.17) is 0 Å². The first-order chi connectivity index (χ1) is 13.7. The lowest BCUT2D eigenvalue weighted by Crippen LogP contribution is -2.34. The van der Waals surface area contributed by atoms with Crippen LogP contribution in [0.2, 0.25) is 0 Å². The third kappa shape index (κ3) is 5.28. The van der Waals surface area contributed by atoms with Crippen molar-refractivity contribution in [1.29, 1.82) is 0 Å². The van der Waals surface area contributed by atoms with Crippen molar-refractivity contribution in [1.82, 2.24) is 14.9 Å². The van der Waals surface area contributed by atoms with Gasteiger partial charge in [0.25, 0.3) is 0 Å². The van der Waals surface area contributed by atoms with Gasteiger partial charge in [0.1, 0.15) is 11.6 Å². The SMILES string of the molecule is CCCN(CCc1cccc(F)c1)C(=O)C[C@@H](c1ccccc1)c1ncc[nH]1. The maximum atomic E-state index is 13.4. The summed E-state index contributed by atoms with van der Waals surface area (Å²) >= 11 is 0. The average molecular weight is 379 g/mol. The number of H-pyrrole nitrogens is 1. The average Bonchev–Trinajstić information content (AvgIpc) is 3.24. The zero-order valence-electron chi connectivity index (χ0n) is 16.1. The van der Waals surface area contributed by atoms with Gasteiger partial charge >= 0.3 is 0 Å².